The van der Waals surface area contributed by atoms with Crippen molar-refractivity contribution in [2.75, 3.05) is 0 Å². The zero-order chi connectivity index (χ0) is 13.2. The van der Waals surface area contributed by atoms with E-state index in [0.29, 0.717) is 16.6 Å². The van der Waals surface area contributed by atoms with Crippen LogP contribution in [0.5, 0.6) is 0 Å². The standard InChI is InChI=1S/C16H11NO2/c18-10-12-7-4-8-15-13(12)9-14(16(19)17-15)11-5-2-1-3-6-11/h1-10H,(H,17,19). The van der Waals surface area contributed by atoms with Gasteiger partial charge in [-0.25, -0.2) is 0 Å². The summed E-state index contributed by atoms with van der Waals surface area (Å²) >= 11 is 0. The maximum absolute atomic E-state index is 12.1. The van der Waals surface area contributed by atoms with Gasteiger partial charge in [0.15, 0.2) is 6.29 Å². The van der Waals surface area contributed by atoms with Gasteiger partial charge in [0.1, 0.15) is 0 Å². The number of hydrogen-bond donors (Lipinski definition) is 1. The Morgan fingerprint density at radius 2 is 1.74 bits per heavy atom. The van der Waals surface area contributed by atoms with Gasteiger partial charge in [-0.3, -0.25) is 9.59 Å². The van der Waals surface area contributed by atoms with Crippen molar-refractivity contribution in [2.24, 2.45) is 0 Å². The van der Waals surface area contributed by atoms with E-state index in [1.165, 1.54) is 0 Å². The van der Waals surface area contributed by atoms with Crippen LogP contribution in [0.1, 0.15) is 10.4 Å². The van der Waals surface area contributed by atoms with Crippen molar-refractivity contribution in [3.8, 4) is 11.1 Å². The van der Waals surface area contributed by atoms with Gasteiger partial charge in [0.05, 0.1) is 0 Å². The molecule has 0 fully saturated rings. The number of carbonyl (C=O) groups is 1. The average Bonchev–Trinajstić information content (AvgIpc) is 2.46. The van der Waals surface area contributed by atoms with Crippen LogP contribution in [0.2, 0.25) is 0 Å². The Balaban J connectivity index is 2.36. The lowest BCUT2D eigenvalue weighted by Gasteiger charge is -2.05. The molecular weight excluding hydrogens is 238 g/mol. The van der Waals surface area contributed by atoms with Gasteiger partial charge < -0.3 is 4.98 Å². The van der Waals surface area contributed by atoms with Crippen LogP contribution in [0.25, 0.3) is 22.0 Å². The van der Waals surface area contributed by atoms with Crippen molar-refractivity contribution >= 4 is 17.2 Å². The highest BCUT2D eigenvalue weighted by molar-refractivity contribution is 5.97. The fourth-order valence-electron chi connectivity index (χ4n) is 2.19. The Morgan fingerprint density at radius 3 is 2.47 bits per heavy atom. The summed E-state index contributed by atoms with van der Waals surface area (Å²) in [6.45, 7) is 0. The molecule has 0 unspecified atom stereocenters. The number of rotatable bonds is 2. The molecule has 1 aromatic heterocycles. The molecule has 2 aromatic carbocycles. The number of aldehydes is 1. The summed E-state index contributed by atoms with van der Waals surface area (Å²) in [7, 11) is 0. The predicted molar refractivity (Wildman–Crippen MR) is 75.4 cm³/mol. The lowest BCUT2D eigenvalue weighted by molar-refractivity contribution is 0.112. The number of aromatic nitrogens is 1. The van der Waals surface area contributed by atoms with Gasteiger partial charge >= 0.3 is 0 Å². The molecule has 1 heterocycles. The van der Waals surface area contributed by atoms with Crippen LogP contribution in [0.3, 0.4) is 0 Å². The van der Waals surface area contributed by atoms with E-state index in [9.17, 15) is 9.59 Å². The highest BCUT2D eigenvalue weighted by Gasteiger charge is 2.07. The molecule has 19 heavy (non-hydrogen) atoms. The predicted octanol–water partition coefficient (Wildman–Crippen LogP) is 3.01. The maximum atomic E-state index is 12.1. The Hall–Kier alpha value is -2.68. The molecule has 3 aromatic rings. The molecule has 0 aliphatic carbocycles. The van der Waals surface area contributed by atoms with Crippen LogP contribution in [0.15, 0.2) is 59.4 Å². The zero-order valence-electron chi connectivity index (χ0n) is 10.1. The Labute approximate surface area is 109 Å². The average molecular weight is 249 g/mol. The number of aromatic amines is 1. The van der Waals surface area contributed by atoms with Crippen molar-refractivity contribution in [1.29, 1.82) is 0 Å². The van der Waals surface area contributed by atoms with Gasteiger partial charge in [-0.2, -0.15) is 0 Å². The first-order chi connectivity index (χ1) is 9.29. The third-order valence-corrected chi connectivity index (χ3v) is 3.13. The number of benzene rings is 2. The summed E-state index contributed by atoms with van der Waals surface area (Å²) in [6.07, 6.45) is 0.801. The molecule has 0 saturated heterocycles. The van der Waals surface area contributed by atoms with E-state index in [1.54, 1.807) is 24.3 Å². The molecule has 0 atom stereocenters. The molecule has 0 saturated carbocycles. The van der Waals surface area contributed by atoms with Crippen molar-refractivity contribution in [1.82, 2.24) is 4.98 Å². The second-order valence-electron chi connectivity index (χ2n) is 4.30. The third-order valence-electron chi connectivity index (χ3n) is 3.13. The minimum absolute atomic E-state index is 0.151. The van der Waals surface area contributed by atoms with E-state index in [2.05, 4.69) is 4.98 Å². The zero-order valence-corrected chi connectivity index (χ0v) is 10.1. The number of hydrogen-bond acceptors (Lipinski definition) is 2. The van der Waals surface area contributed by atoms with E-state index in [4.69, 9.17) is 0 Å². The molecule has 3 heteroatoms. The maximum Gasteiger partial charge on any atom is 0.256 e. The molecular formula is C16H11NO2. The molecule has 92 valence electrons. The van der Waals surface area contributed by atoms with Gasteiger partial charge in [0.2, 0.25) is 0 Å². The van der Waals surface area contributed by atoms with E-state index in [1.807, 2.05) is 30.3 Å². The first kappa shape index (κ1) is 11.4. The second-order valence-corrected chi connectivity index (χ2v) is 4.30. The number of carbonyl (C=O) groups excluding carboxylic acids is 1. The Morgan fingerprint density at radius 1 is 0.947 bits per heavy atom. The van der Waals surface area contributed by atoms with Crippen LogP contribution in [0, 0.1) is 0 Å². The molecule has 3 rings (SSSR count). The van der Waals surface area contributed by atoms with E-state index >= 15 is 0 Å². The molecule has 0 radical (unpaired) electrons. The van der Waals surface area contributed by atoms with Crippen molar-refractivity contribution in [2.45, 2.75) is 0 Å². The Kier molecular flexibility index (Phi) is 2.72. The molecule has 0 spiro atoms. The van der Waals surface area contributed by atoms with Crippen LogP contribution in [-0.2, 0) is 0 Å². The number of H-pyrrole nitrogens is 1. The van der Waals surface area contributed by atoms with Crippen molar-refractivity contribution in [3.63, 3.8) is 0 Å². The monoisotopic (exact) mass is 249 g/mol. The van der Waals surface area contributed by atoms with Crippen LogP contribution < -0.4 is 5.56 Å². The topological polar surface area (TPSA) is 49.9 Å². The smallest absolute Gasteiger partial charge is 0.256 e. The van der Waals surface area contributed by atoms with Gasteiger partial charge in [-0.1, -0.05) is 42.5 Å². The van der Waals surface area contributed by atoms with Crippen LogP contribution >= 0.6 is 0 Å². The minimum atomic E-state index is -0.151. The third kappa shape index (κ3) is 1.95. The van der Waals surface area contributed by atoms with E-state index in [-0.39, 0.29) is 5.56 Å². The largest absolute Gasteiger partial charge is 0.321 e. The summed E-state index contributed by atoms with van der Waals surface area (Å²) in [4.78, 5) is 26.0. The molecule has 0 aliphatic heterocycles. The highest BCUT2D eigenvalue weighted by Crippen LogP contribution is 2.21. The van der Waals surface area contributed by atoms with Gasteiger partial charge in [0.25, 0.3) is 5.56 Å². The summed E-state index contributed by atoms with van der Waals surface area (Å²) < 4.78 is 0. The fraction of sp³-hybridized carbons (Fsp3) is 0. The normalized spacial score (nSPS) is 10.5. The number of nitrogens with one attached hydrogen (secondary N) is 1. The summed E-state index contributed by atoms with van der Waals surface area (Å²) in [5.41, 5.74) is 2.51. The molecule has 1 N–H and O–H groups in total. The lowest BCUT2D eigenvalue weighted by atomic mass is 10.0. The van der Waals surface area contributed by atoms with E-state index < -0.39 is 0 Å². The molecule has 3 nitrogen and oxygen atoms in total. The van der Waals surface area contributed by atoms with Gasteiger partial charge in [0, 0.05) is 22.0 Å². The van der Waals surface area contributed by atoms with E-state index in [0.717, 1.165) is 17.2 Å². The molecule has 0 aliphatic rings. The second kappa shape index (κ2) is 4.53. The first-order valence-electron chi connectivity index (χ1n) is 5.96. The van der Waals surface area contributed by atoms with Crippen LogP contribution in [-0.4, -0.2) is 11.3 Å². The van der Waals surface area contributed by atoms with Crippen molar-refractivity contribution in [3.05, 3.63) is 70.5 Å². The lowest BCUT2D eigenvalue weighted by Crippen LogP contribution is -2.09. The van der Waals surface area contributed by atoms with Gasteiger partial charge in [-0.05, 0) is 17.7 Å². The SMILES string of the molecule is O=Cc1cccc2[nH]c(=O)c(-c3ccccc3)cc12. The highest BCUT2D eigenvalue weighted by atomic mass is 16.1. The summed E-state index contributed by atoms with van der Waals surface area (Å²) in [6, 6.07) is 16.5. The quantitative estimate of drug-likeness (QED) is 0.710. The van der Waals surface area contributed by atoms with Crippen molar-refractivity contribution < 1.29 is 4.79 Å². The van der Waals surface area contributed by atoms with Gasteiger partial charge in [-0.15, -0.1) is 0 Å². The first-order valence-corrected chi connectivity index (χ1v) is 5.96. The fourth-order valence-corrected chi connectivity index (χ4v) is 2.19. The molecule has 0 bridgehead atoms. The number of fused-ring (bicyclic) bond motifs is 1. The van der Waals surface area contributed by atoms with Crippen LogP contribution in [0.4, 0.5) is 0 Å². The number of pyridine rings is 1. The Bertz CT molecular complexity index is 804. The molecule has 0 amide bonds. The summed E-state index contributed by atoms with van der Waals surface area (Å²) in [5, 5.41) is 0.760. The minimum Gasteiger partial charge on any atom is -0.321 e. The summed E-state index contributed by atoms with van der Waals surface area (Å²) in [5.74, 6) is 0.